The van der Waals surface area contributed by atoms with E-state index in [1.165, 1.54) is 23.5 Å². The number of carbonyl (C=O) groups excluding carboxylic acids is 2. The van der Waals surface area contributed by atoms with Crippen molar-refractivity contribution in [3.05, 3.63) is 16.0 Å². The van der Waals surface area contributed by atoms with E-state index in [1.807, 2.05) is 0 Å². The SMILES string of the molecule is CCOC(=O)CNC(=O)CSc1nc2c(c(=O)n1CCOC)SC(C)C2. The van der Waals surface area contributed by atoms with E-state index >= 15 is 0 Å². The molecule has 1 amide bonds. The first-order chi connectivity index (χ1) is 12.5. The van der Waals surface area contributed by atoms with Crippen LogP contribution < -0.4 is 10.9 Å². The molecule has 0 saturated heterocycles. The van der Waals surface area contributed by atoms with Gasteiger partial charge in [-0.3, -0.25) is 19.0 Å². The van der Waals surface area contributed by atoms with Crippen LogP contribution >= 0.6 is 23.5 Å². The summed E-state index contributed by atoms with van der Waals surface area (Å²) in [5.41, 5.74) is 0.700. The molecule has 1 aromatic heterocycles. The summed E-state index contributed by atoms with van der Waals surface area (Å²) >= 11 is 2.71. The van der Waals surface area contributed by atoms with Crippen molar-refractivity contribution in [2.24, 2.45) is 0 Å². The Labute approximate surface area is 160 Å². The zero-order valence-corrected chi connectivity index (χ0v) is 16.7. The molecule has 0 fully saturated rings. The molecule has 1 N–H and O–H groups in total. The van der Waals surface area contributed by atoms with Crippen LogP contribution in [0.4, 0.5) is 0 Å². The van der Waals surface area contributed by atoms with Crippen LogP contribution in [0.15, 0.2) is 14.8 Å². The van der Waals surface area contributed by atoms with E-state index in [-0.39, 0.29) is 30.4 Å². The third-order valence-electron chi connectivity index (χ3n) is 3.55. The Hall–Kier alpha value is -1.52. The molecule has 0 spiro atoms. The van der Waals surface area contributed by atoms with Gasteiger partial charge in [-0.25, -0.2) is 4.98 Å². The van der Waals surface area contributed by atoms with Crippen molar-refractivity contribution in [2.45, 2.75) is 42.1 Å². The number of rotatable bonds is 9. The second-order valence-corrected chi connectivity index (χ2v) is 8.01. The Kier molecular flexibility index (Phi) is 7.98. The highest BCUT2D eigenvalue weighted by Gasteiger charge is 2.26. The molecule has 8 nitrogen and oxygen atoms in total. The molecule has 144 valence electrons. The van der Waals surface area contributed by atoms with Gasteiger partial charge in [-0.05, 0) is 6.92 Å². The maximum atomic E-state index is 12.7. The number of thioether (sulfide) groups is 2. The largest absolute Gasteiger partial charge is 0.465 e. The molecular formula is C16H23N3O5S2. The molecule has 0 radical (unpaired) electrons. The summed E-state index contributed by atoms with van der Waals surface area (Å²) < 4.78 is 11.4. The molecule has 0 aromatic carbocycles. The Bertz CT molecular complexity index is 723. The highest BCUT2D eigenvalue weighted by atomic mass is 32.2. The highest BCUT2D eigenvalue weighted by Crippen LogP contribution is 2.34. The molecule has 0 bridgehead atoms. The second kappa shape index (κ2) is 9.98. The molecule has 2 rings (SSSR count). The van der Waals surface area contributed by atoms with Crippen molar-refractivity contribution in [3.63, 3.8) is 0 Å². The normalized spacial score (nSPS) is 15.6. The Balaban J connectivity index is 2.07. The lowest BCUT2D eigenvalue weighted by molar-refractivity contribution is -0.143. The number of aromatic nitrogens is 2. The van der Waals surface area contributed by atoms with E-state index in [0.717, 1.165) is 12.1 Å². The first-order valence-corrected chi connectivity index (χ1v) is 10.2. The summed E-state index contributed by atoms with van der Waals surface area (Å²) in [5, 5.41) is 3.30. The topological polar surface area (TPSA) is 99.5 Å². The number of nitrogens with zero attached hydrogens (tertiary/aromatic N) is 2. The van der Waals surface area contributed by atoms with E-state index in [4.69, 9.17) is 9.47 Å². The molecule has 1 atom stereocenters. The predicted molar refractivity (Wildman–Crippen MR) is 99.8 cm³/mol. The van der Waals surface area contributed by atoms with Crippen LogP contribution in [-0.4, -0.2) is 59.3 Å². The molecule has 1 unspecified atom stereocenters. The summed E-state index contributed by atoms with van der Waals surface area (Å²) in [6.07, 6.45) is 0.739. The quantitative estimate of drug-likeness (QED) is 0.367. The number of ether oxygens (including phenoxy) is 2. The lowest BCUT2D eigenvalue weighted by Gasteiger charge is -2.13. The van der Waals surface area contributed by atoms with Crippen molar-refractivity contribution < 1.29 is 19.1 Å². The second-order valence-electron chi connectivity index (χ2n) is 5.62. The number of hydrogen-bond donors (Lipinski definition) is 1. The van der Waals surface area contributed by atoms with Gasteiger partial charge in [-0.1, -0.05) is 18.7 Å². The summed E-state index contributed by atoms with van der Waals surface area (Å²) in [7, 11) is 1.57. The van der Waals surface area contributed by atoms with Gasteiger partial charge in [0.25, 0.3) is 5.56 Å². The smallest absolute Gasteiger partial charge is 0.325 e. The number of amides is 1. The van der Waals surface area contributed by atoms with Gasteiger partial charge in [0.1, 0.15) is 6.54 Å². The molecule has 2 heterocycles. The molecule has 0 aliphatic carbocycles. The minimum absolute atomic E-state index is 0.0559. The average molecular weight is 402 g/mol. The number of nitrogens with one attached hydrogen (secondary N) is 1. The molecule has 26 heavy (non-hydrogen) atoms. The molecule has 1 aliphatic rings. The van der Waals surface area contributed by atoms with Crippen LogP contribution in [0.3, 0.4) is 0 Å². The number of methoxy groups -OCH3 is 1. The number of hydrogen-bond acceptors (Lipinski definition) is 8. The maximum Gasteiger partial charge on any atom is 0.325 e. The van der Waals surface area contributed by atoms with Crippen LogP contribution in [-0.2, 0) is 32.0 Å². The third kappa shape index (κ3) is 5.49. The van der Waals surface area contributed by atoms with Crippen molar-refractivity contribution >= 4 is 35.4 Å². The zero-order valence-electron chi connectivity index (χ0n) is 15.1. The van der Waals surface area contributed by atoms with Gasteiger partial charge < -0.3 is 14.8 Å². The van der Waals surface area contributed by atoms with Crippen LogP contribution in [0.5, 0.6) is 0 Å². The van der Waals surface area contributed by atoms with Crippen molar-refractivity contribution in [2.75, 3.05) is 32.6 Å². The minimum Gasteiger partial charge on any atom is -0.465 e. The van der Waals surface area contributed by atoms with Crippen molar-refractivity contribution in [1.82, 2.24) is 14.9 Å². The van der Waals surface area contributed by atoms with Crippen LogP contribution in [0.1, 0.15) is 19.5 Å². The van der Waals surface area contributed by atoms with Gasteiger partial charge in [0.2, 0.25) is 5.91 Å². The number of esters is 1. The molecule has 1 aliphatic heterocycles. The maximum absolute atomic E-state index is 12.7. The number of carbonyl (C=O) groups is 2. The van der Waals surface area contributed by atoms with Crippen molar-refractivity contribution in [3.8, 4) is 0 Å². The number of fused-ring (bicyclic) bond motifs is 1. The van der Waals surface area contributed by atoms with Crippen LogP contribution in [0.25, 0.3) is 0 Å². The monoisotopic (exact) mass is 401 g/mol. The highest BCUT2D eigenvalue weighted by molar-refractivity contribution is 8.00. The standard InChI is InChI=1S/C16H23N3O5S2/c1-4-24-13(21)8-17-12(20)9-25-16-18-11-7-10(2)26-14(11)15(22)19(16)5-6-23-3/h10H,4-9H2,1-3H3,(H,17,20). The predicted octanol–water partition coefficient (Wildman–Crippen LogP) is 0.698. The lowest BCUT2D eigenvalue weighted by Crippen LogP contribution is -2.32. The first-order valence-electron chi connectivity index (χ1n) is 8.30. The molecule has 10 heteroatoms. The fourth-order valence-electron chi connectivity index (χ4n) is 2.39. The average Bonchev–Trinajstić information content (AvgIpc) is 2.98. The molecular weight excluding hydrogens is 378 g/mol. The van der Waals surface area contributed by atoms with E-state index < -0.39 is 5.97 Å². The van der Waals surface area contributed by atoms with Gasteiger partial charge in [0.15, 0.2) is 5.16 Å². The lowest BCUT2D eigenvalue weighted by atomic mass is 10.2. The van der Waals surface area contributed by atoms with E-state index in [1.54, 1.807) is 18.6 Å². The Morgan fingerprint density at radius 3 is 2.92 bits per heavy atom. The van der Waals surface area contributed by atoms with Gasteiger partial charge in [0, 0.05) is 18.8 Å². The van der Waals surface area contributed by atoms with E-state index in [0.29, 0.717) is 28.5 Å². The van der Waals surface area contributed by atoms with Gasteiger partial charge in [0.05, 0.1) is 36.1 Å². The van der Waals surface area contributed by atoms with Crippen LogP contribution in [0, 0.1) is 0 Å². The molecule has 1 aromatic rings. The summed E-state index contributed by atoms with van der Waals surface area (Å²) in [5.74, 6) is -0.747. The van der Waals surface area contributed by atoms with Gasteiger partial charge in [-0.2, -0.15) is 0 Å². The first kappa shape index (κ1) is 20.8. The van der Waals surface area contributed by atoms with E-state index in [9.17, 15) is 14.4 Å². The summed E-state index contributed by atoms with van der Waals surface area (Å²) in [4.78, 5) is 41.2. The Morgan fingerprint density at radius 1 is 1.46 bits per heavy atom. The molecule has 0 saturated carbocycles. The minimum atomic E-state index is -0.482. The van der Waals surface area contributed by atoms with Crippen molar-refractivity contribution in [1.29, 1.82) is 0 Å². The van der Waals surface area contributed by atoms with Gasteiger partial charge in [-0.15, -0.1) is 11.8 Å². The Morgan fingerprint density at radius 2 is 2.23 bits per heavy atom. The summed E-state index contributed by atoms with van der Waals surface area (Å²) in [6.45, 7) is 4.61. The van der Waals surface area contributed by atoms with E-state index in [2.05, 4.69) is 17.2 Å². The third-order valence-corrected chi connectivity index (χ3v) is 5.74. The fourth-order valence-corrected chi connectivity index (χ4v) is 4.37. The van der Waals surface area contributed by atoms with Crippen LogP contribution in [0.2, 0.25) is 0 Å². The zero-order chi connectivity index (χ0) is 19.1. The fraction of sp³-hybridized carbons (Fsp3) is 0.625. The van der Waals surface area contributed by atoms with Gasteiger partial charge >= 0.3 is 5.97 Å². The summed E-state index contributed by atoms with van der Waals surface area (Å²) in [6, 6.07) is 0.